The first kappa shape index (κ1) is 10.3. The van der Waals surface area contributed by atoms with Crippen molar-refractivity contribution in [3.63, 3.8) is 0 Å². The van der Waals surface area contributed by atoms with Gasteiger partial charge in [-0.05, 0) is 30.7 Å². The van der Waals surface area contributed by atoms with E-state index in [-0.39, 0.29) is 0 Å². The first-order valence-electron chi connectivity index (χ1n) is 5.32. The number of fused-ring (bicyclic) bond motifs is 3. The highest BCUT2D eigenvalue weighted by Gasteiger charge is 2.13. The van der Waals surface area contributed by atoms with Gasteiger partial charge in [0.05, 0.1) is 5.56 Å². The molecule has 0 aliphatic heterocycles. The predicted molar refractivity (Wildman–Crippen MR) is 71.0 cm³/mol. The summed E-state index contributed by atoms with van der Waals surface area (Å²) >= 11 is 1.64. The molecule has 0 atom stereocenters. The minimum atomic E-state index is -0.865. The molecule has 1 heterocycles. The van der Waals surface area contributed by atoms with Crippen LogP contribution in [0.2, 0.25) is 0 Å². The van der Waals surface area contributed by atoms with Crippen molar-refractivity contribution in [3.05, 3.63) is 47.5 Å². The van der Waals surface area contributed by atoms with Crippen LogP contribution in [0, 0.1) is 6.92 Å². The Kier molecular flexibility index (Phi) is 2.16. The monoisotopic (exact) mass is 242 g/mol. The van der Waals surface area contributed by atoms with Crippen LogP contribution in [0.25, 0.3) is 20.2 Å². The van der Waals surface area contributed by atoms with Crippen molar-refractivity contribution in [2.24, 2.45) is 0 Å². The number of aromatic carboxylic acids is 1. The second-order valence-corrected chi connectivity index (χ2v) is 5.17. The minimum Gasteiger partial charge on any atom is -0.478 e. The second-order valence-electron chi connectivity index (χ2n) is 4.09. The van der Waals surface area contributed by atoms with Gasteiger partial charge < -0.3 is 5.11 Å². The van der Waals surface area contributed by atoms with Crippen LogP contribution < -0.4 is 0 Å². The van der Waals surface area contributed by atoms with Crippen LogP contribution in [-0.4, -0.2) is 11.1 Å². The third-order valence-corrected chi connectivity index (χ3v) is 4.00. The maximum Gasteiger partial charge on any atom is 0.336 e. The van der Waals surface area contributed by atoms with E-state index in [2.05, 4.69) is 6.07 Å². The quantitative estimate of drug-likeness (QED) is 0.698. The molecule has 0 aliphatic rings. The molecule has 0 spiro atoms. The first-order valence-corrected chi connectivity index (χ1v) is 6.13. The molecule has 1 N–H and O–H groups in total. The molecule has 0 saturated carbocycles. The lowest BCUT2D eigenvalue weighted by atomic mass is 10.1. The summed E-state index contributed by atoms with van der Waals surface area (Å²) in [6.07, 6.45) is 0. The molecule has 17 heavy (non-hydrogen) atoms. The topological polar surface area (TPSA) is 37.3 Å². The van der Waals surface area contributed by atoms with Crippen LogP contribution in [0.5, 0.6) is 0 Å². The van der Waals surface area contributed by atoms with Gasteiger partial charge in [-0.2, -0.15) is 0 Å². The molecule has 0 radical (unpaired) electrons. The van der Waals surface area contributed by atoms with Crippen molar-refractivity contribution >= 4 is 37.5 Å². The molecule has 1 aromatic heterocycles. The molecule has 0 saturated heterocycles. The van der Waals surface area contributed by atoms with E-state index in [0.717, 1.165) is 20.2 Å². The van der Waals surface area contributed by atoms with Gasteiger partial charge in [0, 0.05) is 20.2 Å². The van der Waals surface area contributed by atoms with Gasteiger partial charge >= 0.3 is 5.97 Å². The standard InChI is InChI=1S/C14H10O2S/c1-8-5-6-9-12(7-8)17-11-4-2-3-10(13(9)11)14(15)16/h2-7H,1H3,(H,15,16). The van der Waals surface area contributed by atoms with Gasteiger partial charge in [-0.25, -0.2) is 4.79 Å². The molecule has 0 aliphatic carbocycles. The highest BCUT2D eigenvalue weighted by molar-refractivity contribution is 7.25. The molecular formula is C14H10O2S. The molecule has 3 aromatic rings. The lowest BCUT2D eigenvalue weighted by Crippen LogP contribution is -1.95. The van der Waals surface area contributed by atoms with E-state index < -0.39 is 5.97 Å². The van der Waals surface area contributed by atoms with Crippen molar-refractivity contribution in [3.8, 4) is 0 Å². The lowest BCUT2D eigenvalue weighted by molar-refractivity contribution is 0.0699. The Morgan fingerprint density at radius 1 is 1.18 bits per heavy atom. The average molecular weight is 242 g/mol. The van der Waals surface area contributed by atoms with Crippen molar-refractivity contribution < 1.29 is 9.90 Å². The average Bonchev–Trinajstić information content (AvgIpc) is 2.65. The van der Waals surface area contributed by atoms with Crippen LogP contribution in [0.3, 0.4) is 0 Å². The summed E-state index contributed by atoms with van der Waals surface area (Å²) in [4.78, 5) is 11.2. The zero-order chi connectivity index (χ0) is 12.0. The fraction of sp³-hybridized carbons (Fsp3) is 0.0714. The molecule has 0 amide bonds. The fourth-order valence-electron chi connectivity index (χ4n) is 2.11. The Hall–Kier alpha value is -1.87. The third-order valence-electron chi connectivity index (χ3n) is 2.88. The minimum absolute atomic E-state index is 0.387. The number of benzene rings is 2. The number of carboxylic acids is 1. The fourth-order valence-corrected chi connectivity index (χ4v) is 3.34. The van der Waals surface area contributed by atoms with Crippen molar-refractivity contribution in [1.29, 1.82) is 0 Å². The molecule has 84 valence electrons. The van der Waals surface area contributed by atoms with Gasteiger partial charge in [0.15, 0.2) is 0 Å². The predicted octanol–water partition coefficient (Wildman–Crippen LogP) is 4.06. The normalized spacial score (nSPS) is 11.1. The van der Waals surface area contributed by atoms with E-state index in [9.17, 15) is 9.90 Å². The summed E-state index contributed by atoms with van der Waals surface area (Å²) in [5.74, 6) is -0.865. The number of hydrogen-bond acceptors (Lipinski definition) is 2. The number of carboxylic acid groups (broad SMARTS) is 1. The van der Waals surface area contributed by atoms with Crippen molar-refractivity contribution in [2.75, 3.05) is 0 Å². The number of carbonyl (C=O) groups is 1. The molecule has 2 aromatic carbocycles. The molecular weight excluding hydrogens is 232 g/mol. The van der Waals surface area contributed by atoms with Gasteiger partial charge in [-0.1, -0.05) is 18.2 Å². The first-order chi connectivity index (χ1) is 8.16. The number of aryl methyl sites for hydroxylation is 1. The maximum atomic E-state index is 11.2. The van der Waals surface area contributed by atoms with Crippen LogP contribution in [-0.2, 0) is 0 Å². The van der Waals surface area contributed by atoms with Gasteiger partial charge in [0.2, 0.25) is 0 Å². The lowest BCUT2D eigenvalue weighted by Gasteiger charge is -1.98. The van der Waals surface area contributed by atoms with Gasteiger partial charge in [0.25, 0.3) is 0 Å². The van der Waals surface area contributed by atoms with Gasteiger partial charge in [-0.15, -0.1) is 11.3 Å². The molecule has 3 heteroatoms. The van der Waals surface area contributed by atoms with Crippen molar-refractivity contribution in [1.82, 2.24) is 0 Å². The molecule has 2 nitrogen and oxygen atoms in total. The summed E-state index contributed by atoms with van der Waals surface area (Å²) in [5.41, 5.74) is 1.58. The van der Waals surface area contributed by atoms with Crippen LogP contribution in [0.15, 0.2) is 36.4 Å². The Morgan fingerprint density at radius 3 is 2.76 bits per heavy atom. The Labute approximate surface area is 102 Å². The third kappa shape index (κ3) is 1.51. The molecule has 3 rings (SSSR count). The van der Waals surface area contributed by atoms with Crippen LogP contribution in [0.4, 0.5) is 0 Å². The summed E-state index contributed by atoms with van der Waals surface area (Å²) in [7, 11) is 0. The Bertz CT molecular complexity index is 740. The van der Waals surface area contributed by atoms with E-state index in [1.54, 1.807) is 23.5 Å². The van der Waals surface area contributed by atoms with E-state index in [1.807, 2.05) is 25.1 Å². The smallest absolute Gasteiger partial charge is 0.336 e. The van der Waals surface area contributed by atoms with Gasteiger partial charge in [0.1, 0.15) is 0 Å². The van der Waals surface area contributed by atoms with E-state index in [4.69, 9.17) is 0 Å². The highest BCUT2D eigenvalue weighted by Crippen LogP contribution is 2.36. The molecule has 0 unspecified atom stereocenters. The Balaban J connectivity index is 2.53. The van der Waals surface area contributed by atoms with E-state index in [1.165, 1.54) is 5.56 Å². The SMILES string of the molecule is Cc1ccc2c(c1)sc1cccc(C(=O)O)c12. The van der Waals surface area contributed by atoms with Crippen molar-refractivity contribution in [2.45, 2.75) is 6.92 Å². The summed E-state index contributed by atoms with van der Waals surface area (Å²) < 4.78 is 2.18. The van der Waals surface area contributed by atoms with E-state index in [0.29, 0.717) is 5.56 Å². The van der Waals surface area contributed by atoms with Crippen LogP contribution in [0.1, 0.15) is 15.9 Å². The second kappa shape index (κ2) is 3.57. The van der Waals surface area contributed by atoms with Crippen LogP contribution >= 0.6 is 11.3 Å². The number of rotatable bonds is 1. The zero-order valence-electron chi connectivity index (χ0n) is 9.23. The van der Waals surface area contributed by atoms with E-state index >= 15 is 0 Å². The number of thiophene rings is 1. The zero-order valence-corrected chi connectivity index (χ0v) is 10.0. The highest BCUT2D eigenvalue weighted by atomic mass is 32.1. The molecule has 0 bridgehead atoms. The van der Waals surface area contributed by atoms with Gasteiger partial charge in [-0.3, -0.25) is 0 Å². The largest absolute Gasteiger partial charge is 0.478 e. The maximum absolute atomic E-state index is 11.2. The Morgan fingerprint density at radius 2 is 2.00 bits per heavy atom. The summed E-state index contributed by atoms with van der Waals surface area (Å²) in [6, 6.07) is 11.6. The summed E-state index contributed by atoms with van der Waals surface area (Å²) in [5, 5.41) is 11.1. The number of hydrogen-bond donors (Lipinski definition) is 1. The summed E-state index contributed by atoms with van der Waals surface area (Å²) in [6.45, 7) is 2.04. The molecule has 0 fully saturated rings.